The fraction of sp³-hybridized carbons (Fsp3) is 0.188. The Bertz CT molecular complexity index is 626. The van der Waals surface area contributed by atoms with Crippen LogP contribution in [0.5, 0.6) is 0 Å². The second-order valence-electron chi connectivity index (χ2n) is 4.79. The quantitative estimate of drug-likeness (QED) is 0.778. The summed E-state index contributed by atoms with van der Waals surface area (Å²) in [6.07, 6.45) is 0. The predicted molar refractivity (Wildman–Crippen MR) is 80.9 cm³/mol. The largest absolute Gasteiger partial charge is 0.314 e. The van der Waals surface area contributed by atoms with Crippen LogP contribution in [0.25, 0.3) is 0 Å². The summed E-state index contributed by atoms with van der Waals surface area (Å²) < 4.78 is 0. The van der Waals surface area contributed by atoms with Crippen molar-refractivity contribution >= 4 is 27.5 Å². The molecule has 96 valence electrons. The van der Waals surface area contributed by atoms with Crippen LogP contribution in [0.15, 0.2) is 54.6 Å². The van der Waals surface area contributed by atoms with Crippen LogP contribution < -0.4 is 4.90 Å². The monoisotopic (exact) mass is 315 g/mol. The Labute approximate surface area is 121 Å². The molecule has 1 unspecified atom stereocenters. The highest BCUT2D eigenvalue weighted by Gasteiger charge is 2.49. The minimum atomic E-state index is -0.605. The van der Waals surface area contributed by atoms with Crippen LogP contribution in [-0.4, -0.2) is 18.3 Å². The van der Waals surface area contributed by atoms with Gasteiger partial charge in [-0.2, -0.15) is 0 Å². The van der Waals surface area contributed by atoms with Gasteiger partial charge in [-0.3, -0.25) is 4.79 Å². The summed E-state index contributed by atoms with van der Waals surface area (Å²) in [5.41, 5.74) is 2.50. The van der Waals surface area contributed by atoms with Gasteiger partial charge in [0.1, 0.15) is 5.41 Å². The molecule has 1 heterocycles. The molecule has 3 heteroatoms. The van der Waals surface area contributed by atoms with Crippen molar-refractivity contribution in [2.45, 2.75) is 5.41 Å². The number of amides is 1. The number of hydrogen-bond acceptors (Lipinski definition) is 1. The molecule has 2 aromatic carbocycles. The molecule has 2 aromatic rings. The van der Waals surface area contributed by atoms with Crippen molar-refractivity contribution in [2.24, 2.45) is 0 Å². The summed E-state index contributed by atoms with van der Waals surface area (Å²) in [5, 5.41) is 0.588. The third-order valence-electron chi connectivity index (χ3n) is 3.86. The van der Waals surface area contributed by atoms with Crippen molar-refractivity contribution in [3.63, 3.8) is 0 Å². The fourth-order valence-corrected chi connectivity index (χ4v) is 3.71. The van der Waals surface area contributed by atoms with E-state index < -0.39 is 5.41 Å². The molecule has 0 N–H and O–H groups in total. The van der Waals surface area contributed by atoms with Gasteiger partial charge >= 0.3 is 0 Å². The minimum absolute atomic E-state index is 0.122. The van der Waals surface area contributed by atoms with Crippen LogP contribution in [0, 0.1) is 0 Å². The van der Waals surface area contributed by atoms with Crippen LogP contribution in [-0.2, 0) is 10.2 Å². The van der Waals surface area contributed by atoms with Crippen molar-refractivity contribution in [3.8, 4) is 0 Å². The van der Waals surface area contributed by atoms with Crippen LogP contribution in [0.1, 0.15) is 11.1 Å². The standard InChI is InChI=1S/C16H14BrNO/c1-18-14-10-6-5-9-13(14)16(11-17,15(18)19)12-7-3-2-4-8-12/h2-10H,11H2,1H3. The molecule has 3 rings (SSSR count). The Balaban J connectivity index is 2.30. The molecule has 0 radical (unpaired) electrons. The second-order valence-corrected chi connectivity index (χ2v) is 5.35. The third-order valence-corrected chi connectivity index (χ3v) is 4.70. The molecule has 0 bridgehead atoms. The first-order valence-electron chi connectivity index (χ1n) is 6.21. The number of fused-ring (bicyclic) bond motifs is 1. The molecule has 2 nitrogen and oxygen atoms in total. The van der Waals surface area contributed by atoms with Gasteiger partial charge in [0.05, 0.1) is 0 Å². The lowest BCUT2D eigenvalue weighted by Crippen LogP contribution is -2.41. The Kier molecular flexibility index (Phi) is 2.94. The Morgan fingerprint density at radius 1 is 1.05 bits per heavy atom. The van der Waals surface area contributed by atoms with E-state index >= 15 is 0 Å². The van der Waals surface area contributed by atoms with Crippen LogP contribution in [0.4, 0.5) is 5.69 Å². The molecule has 1 aliphatic heterocycles. The smallest absolute Gasteiger partial charge is 0.242 e. The van der Waals surface area contributed by atoms with E-state index in [0.717, 1.165) is 16.8 Å². The molecule has 19 heavy (non-hydrogen) atoms. The number of hydrogen-bond donors (Lipinski definition) is 0. The fourth-order valence-electron chi connectivity index (χ4n) is 2.85. The van der Waals surface area contributed by atoms with E-state index in [4.69, 9.17) is 0 Å². The number of alkyl halides is 1. The molecule has 0 saturated heterocycles. The van der Waals surface area contributed by atoms with Crippen molar-refractivity contribution in [1.82, 2.24) is 0 Å². The number of halogens is 1. The van der Waals surface area contributed by atoms with Gasteiger partial charge in [0, 0.05) is 18.1 Å². The van der Waals surface area contributed by atoms with Crippen LogP contribution in [0.3, 0.4) is 0 Å². The molecule has 0 saturated carbocycles. The van der Waals surface area contributed by atoms with Gasteiger partial charge in [0.2, 0.25) is 5.91 Å². The van der Waals surface area contributed by atoms with Gasteiger partial charge < -0.3 is 4.90 Å². The van der Waals surface area contributed by atoms with Gasteiger partial charge in [-0.25, -0.2) is 0 Å². The summed E-state index contributed by atoms with van der Waals surface area (Å²) in [6.45, 7) is 0. The molecule has 0 aromatic heterocycles. The Morgan fingerprint density at radius 3 is 2.37 bits per heavy atom. The first kappa shape index (κ1) is 12.4. The number of nitrogens with zero attached hydrogens (tertiary/aromatic N) is 1. The van der Waals surface area contributed by atoms with E-state index in [0.29, 0.717) is 5.33 Å². The summed E-state index contributed by atoms with van der Waals surface area (Å²) in [5.74, 6) is 0.122. The zero-order valence-corrected chi connectivity index (χ0v) is 12.2. The summed E-state index contributed by atoms with van der Waals surface area (Å²) >= 11 is 3.56. The Hall–Kier alpha value is -1.61. The SMILES string of the molecule is CN1C(=O)C(CBr)(c2ccccc2)c2ccccc21. The zero-order chi connectivity index (χ0) is 13.5. The number of rotatable bonds is 2. The lowest BCUT2D eigenvalue weighted by atomic mass is 9.77. The first-order chi connectivity index (χ1) is 9.21. The minimum Gasteiger partial charge on any atom is -0.314 e. The number of anilines is 1. The van der Waals surface area contributed by atoms with Crippen molar-refractivity contribution in [2.75, 3.05) is 17.3 Å². The maximum atomic E-state index is 12.8. The van der Waals surface area contributed by atoms with Crippen LogP contribution >= 0.6 is 15.9 Å². The second kappa shape index (κ2) is 4.49. The molecule has 1 atom stereocenters. The topological polar surface area (TPSA) is 20.3 Å². The summed E-state index contributed by atoms with van der Waals surface area (Å²) in [7, 11) is 1.84. The molecular formula is C16H14BrNO. The van der Waals surface area contributed by atoms with E-state index in [1.165, 1.54) is 0 Å². The lowest BCUT2D eigenvalue weighted by Gasteiger charge is -2.26. The number of benzene rings is 2. The maximum Gasteiger partial charge on any atom is 0.242 e. The van der Waals surface area contributed by atoms with Crippen molar-refractivity contribution < 1.29 is 4.79 Å². The molecular weight excluding hydrogens is 302 g/mol. The highest BCUT2D eigenvalue weighted by Crippen LogP contribution is 2.46. The van der Waals surface area contributed by atoms with E-state index in [1.807, 2.05) is 61.6 Å². The van der Waals surface area contributed by atoms with Gasteiger partial charge in [-0.1, -0.05) is 64.5 Å². The van der Waals surface area contributed by atoms with Gasteiger partial charge in [-0.05, 0) is 17.2 Å². The summed E-state index contributed by atoms with van der Waals surface area (Å²) in [6, 6.07) is 18.0. The maximum absolute atomic E-state index is 12.8. The van der Waals surface area contributed by atoms with E-state index in [9.17, 15) is 4.79 Å². The highest BCUT2D eigenvalue weighted by molar-refractivity contribution is 9.09. The third kappa shape index (κ3) is 1.58. The van der Waals surface area contributed by atoms with E-state index in [2.05, 4.69) is 15.9 Å². The molecule has 1 amide bonds. The average Bonchev–Trinajstić information content (AvgIpc) is 2.70. The van der Waals surface area contributed by atoms with Gasteiger partial charge in [-0.15, -0.1) is 0 Å². The first-order valence-corrected chi connectivity index (χ1v) is 7.33. The molecule has 0 spiro atoms. The summed E-state index contributed by atoms with van der Waals surface area (Å²) in [4.78, 5) is 14.6. The average molecular weight is 316 g/mol. The molecule has 0 aliphatic carbocycles. The van der Waals surface area contributed by atoms with Crippen LogP contribution in [0.2, 0.25) is 0 Å². The number of para-hydroxylation sites is 1. The predicted octanol–water partition coefficient (Wildman–Crippen LogP) is 3.34. The molecule has 0 fully saturated rings. The highest BCUT2D eigenvalue weighted by atomic mass is 79.9. The molecule has 1 aliphatic rings. The Morgan fingerprint density at radius 2 is 1.68 bits per heavy atom. The van der Waals surface area contributed by atoms with Gasteiger partial charge in [0.15, 0.2) is 0 Å². The lowest BCUT2D eigenvalue weighted by molar-refractivity contribution is -0.120. The number of carbonyl (C=O) groups is 1. The number of likely N-dealkylation sites (N-methyl/N-ethyl adjacent to an activating group) is 1. The number of carbonyl (C=O) groups excluding carboxylic acids is 1. The van der Waals surface area contributed by atoms with Crippen molar-refractivity contribution in [1.29, 1.82) is 0 Å². The van der Waals surface area contributed by atoms with Gasteiger partial charge in [0.25, 0.3) is 0 Å². The normalized spacial score (nSPS) is 21.6. The van der Waals surface area contributed by atoms with Crippen molar-refractivity contribution in [3.05, 3.63) is 65.7 Å². The van der Waals surface area contributed by atoms with E-state index in [1.54, 1.807) is 4.90 Å². The zero-order valence-electron chi connectivity index (χ0n) is 10.6. The van der Waals surface area contributed by atoms with E-state index in [-0.39, 0.29) is 5.91 Å².